The number of esters is 3. The summed E-state index contributed by atoms with van der Waals surface area (Å²) < 4.78 is 15.1. The summed E-state index contributed by atoms with van der Waals surface area (Å²) in [7, 11) is 3.91. The van der Waals surface area contributed by atoms with Crippen LogP contribution in [0.4, 0.5) is 51.2 Å². The van der Waals surface area contributed by atoms with Gasteiger partial charge in [-0.25, -0.2) is 14.4 Å². The average molecular weight is 1750 g/mol. The Balaban J connectivity index is 0.000000133. The first-order valence-corrected chi connectivity index (χ1v) is 41.9. The predicted molar refractivity (Wildman–Crippen MR) is 489 cm³/mol. The van der Waals surface area contributed by atoms with Gasteiger partial charge < -0.3 is 92.3 Å². The third-order valence-corrected chi connectivity index (χ3v) is 25.4. The Kier molecular flexibility index (Phi) is 22.1. The number of aromatic nitrogens is 3. The molecule has 0 saturated carbocycles. The Hall–Kier alpha value is -14.5. The molecular weight excluding hydrogens is 1670 g/mol. The first-order chi connectivity index (χ1) is 60.6. The first-order valence-electron chi connectivity index (χ1n) is 40.3. The number of aromatic amines is 3. The molecule has 27 nitrogen and oxygen atoms in total. The summed E-state index contributed by atoms with van der Waals surface area (Å²) in [6, 6.07) is 40.3. The maximum Gasteiger partial charge on any atom is 0.340 e. The van der Waals surface area contributed by atoms with Gasteiger partial charge in [0.1, 0.15) is 17.2 Å². The average Bonchev–Trinajstić information content (AvgIpc) is 1.58. The highest BCUT2D eigenvalue weighted by Gasteiger charge is 2.43. The Morgan fingerprint density at radius 3 is 1.13 bits per heavy atom. The molecule has 3 unspecified atom stereocenters. The maximum atomic E-state index is 14.0. The molecule has 0 radical (unpaired) electrons. The molecule has 30 heteroatoms. The van der Waals surface area contributed by atoms with Crippen molar-refractivity contribution < 1.29 is 72.7 Å². The first kappa shape index (κ1) is 83.7. The number of alkyl halides is 3. The summed E-state index contributed by atoms with van der Waals surface area (Å²) in [5.41, 5.74) is 39.4. The van der Waals surface area contributed by atoms with Crippen molar-refractivity contribution in [2.75, 3.05) is 106 Å². The lowest BCUT2D eigenvalue weighted by molar-refractivity contribution is -0.115. The second-order valence-corrected chi connectivity index (χ2v) is 33.0. The molecule has 7 aliphatic rings. The van der Waals surface area contributed by atoms with Crippen molar-refractivity contribution in [1.82, 2.24) is 15.0 Å². The minimum Gasteiger partial charge on any atom is -0.506 e. The van der Waals surface area contributed by atoms with Gasteiger partial charge in [-0.15, -0.1) is 34.8 Å². The Labute approximate surface area is 735 Å². The summed E-state index contributed by atoms with van der Waals surface area (Å²) in [6.45, 7) is 6.11. The molecule has 0 fully saturated rings. The van der Waals surface area contributed by atoms with E-state index in [1.165, 1.54) is 21.3 Å². The number of carbonyl (C=O) groups excluding carboxylic acids is 9. The molecule has 638 valence electrons. The number of amides is 6. The van der Waals surface area contributed by atoms with Gasteiger partial charge in [0.05, 0.1) is 71.6 Å². The number of anilines is 9. The third kappa shape index (κ3) is 14.9. The number of carbonyl (C=O) groups is 9. The van der Waals surface area contributed by atoms with Crippen molar-refractivity contribution in [2.24, 2.45) is 0 Å². The number of hydrogen-bond donors (Lipinski definition) is 12. The van der Waals surface area contributed by atoms with Crippen LogP contribution in [0, 0.1) is 20.8 Å². The fraction of sp³-hybridized carbons (Fsp3) is 0.198. The van der Waals surface area contributed by atoms with Crippen LogP contribution >= 0.6 is 34.8 Å². The van der Waals surface area contributed by atoms with E-state index in [1.807, 2.05) is 72.8 Å². The molecule has 4 aliphatic carbocycles. The molecule has 12 aromatic rings. The maximum absolute atomic E-state index is 14.0. The summed E-state index contributed by atoms with van der Waals surface area (Å²) >= 11 is 19.2. The van der Waals surface area contributed by atoms with Gasteiger partial charge in [0, 0.05) is 200 Å². The van der Waals surface area contributed by atoms with E-state index in [2.05, 4.69) is 30.9 Å². The van der Waals surface area contributed by atoms with Crippen LogP contribution in [0.25, 0.3) is 57.0 Å². The van der Waals surface area contributed by atoms with Crippen LogP contribution in [0.3, 0.4) is 0 Å². The van der Waals surface area contributed by atoms with E-state index in [9.17, 15) is 58.5 Å². The van der Waals surface area contributed by atoms with Crippen LogP contribution < -0.4 is 47.9 Å². The monoisotopic (exact) mass is 1750 g/mol. The number of nitrogens with zero attached hydrogens (tertiary/aromatic N) is 3. The van der Waals surface area contributed by atoms with Gasteiger partial charge in [0.25, 0.3) is 35.4 Å². The van der Waals surface area contributed by atoms with Crippen molar-refractivity contribution in [3.8, 4) is 17.2 Å². The normalized spacial score (nSPS) is 15.8. The fourth-order valence-electron chi connectivity index (χ4n) is 18.2. The van der Waals surface area contributed by atoms with Crippen LogP contribution in [-0.4, -0.2) is 142 Å². The summed E-state index contributed by atoms with van der Waals surface area (Å²) in [5.74, 6) is -3.32. The number of hydrogen-bond acceptors (Lipinski definition) is 18. The van der Waals surface area contributed by atoms with Gasteiger partial charge in [0.2, 0.25) is 0 Å². The van der Waals surface area contributed by atoms with Crippen LogP contribution in [0.2, 0.25) is 0 Å². The Morgan fingerprint density at radius 2 is 0.746 bits per heavy atom. The molecule has 3 atom stereocenters. The van der Waals surface area contributed by atoms with Crippen LogP contribution in [0.1, 0.15) is 148 Å². The van der Waals surface area contributed by atoms with Gasteiger partial charge in [-0.1, -0.05) is 30.3 Å². The van der Waals surface area contributed by atoms with Crippen LogP contribution in [-0.2, 0) is 59.1 Å². The number of H-pyrrole nitrogens is 3. The number of rotatable bonds is 15. The highest BCUT2D eigenvalue weighted by Crippen LogP contribution is 2.52. The molecule has 0 spiro atoms. The fourth-order valence-corrected chi connectivity index (χ4v) is 19.0. The Morgan fingerprint density at radius 1 is 0.405 bits per heavy atom. The number of ether oxygens (including phenoxy) is 3. The minimum atomic E-state index is -0.537. The van der Waals surface area contributed by atoms with Crippen molar-refractivity contribution in [2.45, 2.75) is 64.2 Å². The summed E-state index contributed by atoms with van der Waals surface area (Å²) in [6.07, 6.45) is 9.03. The highest BCUT2D eigenvalue weighted by atomic mass is 35.5. The topological polar surface area (TPSA) is 413 Å². The second-order valence-electron chi connectivity index (χ2n) is 32.0. The van der Waals surface area contributed by atoms with Gasteiger partial charge in [-0.05, 0) is 197 Å². The zero-order valence-corrected chi connectivity index (χ0v) is 71.1. The lowest BCUT2D eigenvalue weighted by Gasteiger charge is -2.19. The van der Waals surface area contributed by atoms with E-state index in [0.717, 1.165) is 61.2 Å². The number of phenols is 3. The molecule has 6 heterocycles. The van der Waals surface area contributed by atoms with Crippen molar-refractivity contribution >= 4 is 196 Å². The van der Waals surface area contributed by atoms with Crippen molar-refractivity contribution in [3.05, 3.63) is 268 Å². The molecule has 126 heavy (non-hydrogen) atoms. The molecule has 19 rings (SSSR count). The highest BCUT2D eigenvalue weighted by molar-refractivity contribution is 6.24. The standard InChI is InChI=1S/C34H29ClN4O5.2C31H27ClN4O5/c1-16-28(34(43)44-2)30-29-22(14-35)15-39(26(29)13-27(40)31(30)37-16)33(42)21-8-17-6-7-23(11-19(17)10-21)38-32(41)20-9-18-4-3-5-25(36)24(18)12-20;1-15-25(31(40)41-2)27-26-20(13-32)14-36(23(26)12-24(37)28(27)34-15)30(39)19-9-17-5-8-22(11-18(17)10-19)35-29(38)16-3-6-21(33)7-4-16;1-15-25(31(40)41-2)27-26-20(13-32)14-36(23(26)12-24(37)28(27)34-15)30(39)19-9-16-3-4-17(10-18(16)11-19)29(38)35-22-7-5-21(33)6-8-22/h3-7,9-11,13,22,37,40H,8,12,14-15,36H2,1-2H3,(H,38,41);2*3-8,10-12,20,34,37H,9,13-14,33H2,1-2H3,(H,35,38). The van der Waals surface area contributed by atoms with Gasteiger partial charge in [-0.3, -0.25) is 28.8 Å². The molecule has 3 aliphatic heterocycles. The van der Waals surface area contributed by atoms with E-state index in [-0.39, 0.29) is 88.1 Å². The van der Waals surface area contributed by atoms with E-state index < -0.39 is 17.9 Å². The molecule has 15 N–H and O–H groups in total. The smallest absolute Gasteiger partial charge is 0.340 e. The molecule has 9 aromatic carbocycles. The van der Waals surface area contributed by atoms with Gasteiger partial charge in [0.15, 0.2) is 0 Å². The molecule has 0 bridgehead atoms. The molecule has 3 aromatic heterocycles. The van der Waals surface area contributed by atoms with E-state index in [4.69, 9.17) is 66.2 Å². The van der Waals surface area contributed by atoms with Crippen molar-refractivity contribution in [1.29, 1.82) is 0 Å². The predicted octanol–water partition coefficient (Wildman–Crippen LogP) is 15.7. The number of phenolic OH excluding ortho intramolecular Hbond substituents is 3. The largest absolute Gasteiger partial charge is 0.506 e. The SMILES string of the molecule is COC(=O)c1c(C)[nH]c2c(O)cc3c(c12)C(CCl)CN3C(=O)C1=Cc2cc(C(=O)Nc3ccc(N)cc3)ccc2C1.COC(=O)c1c(C)[nH]c2c(O)cc3c(c12)C(CCl)CN3C(=O)C1=Cc2cc(NC(=O)C3=Cc4cccc(N)c4C3)ccc2C1.COC(=O)c1c(C)[nH]c2c(O)cc3c(c12)C(CCl)CN3C(=O)C1=Cc2cc(NC(=O)c3ccc(N)cc3)ccc2C1. The number of aryl methyl sites for hydroxylation is 3. The number of halogens is 3. The third-order valence-electron chi connectivity index (χ3n) is 24.3. The summed E-state index contributed by atoms with van der Waals surface area (Å²) in [4.78, 5) is 133. The number of nitrogen functional groups attached to an aromatic ring is 3. The van der Waals surface area contributed by atoms with Crippen LogP contribution in [0.5, 0.6) is 17.2 Å². The zero-order chi connectivity index (χ0) is 88.9. The van der Waals surface area contributed by atoms with E-state index in [1.54, 1.807) is 126 Å². The quantitative estimate of drug-likeness (QED) is 0.0196. The Bertz CT molecular complexity index is 6880. The minimum absolute atomic E-state index is 0.0720. The number of nitrogens with two attached hydrogens (primary N) is 3. The number of nitrogens with one attached hydrogen (secondary N) is 6. The molecule has 0 saturated heterocycles. The van der Waals surface area contributed by atoms with Gasteiger partial charge >= 0.3 is 17.9 Å². The molecule has 6 amide bonds. The lowest BCUT2D eigenvalue weighted by atomic mass is 9.95. The lowest BCUT2D eigenvalue weighted by Crippen LogP contribution is -2.31. The number of aromatic hydroxyl groups is 3. The van der Waals surface area contributed by atoms with Gasteiger partial charge in [-0.2, -0.15) is 0 Å². The van der Waals surface area contributed by atoms with E-state index >= 15 is 0 Å². The zero-order valence-electron chi connectivity index (χ0n) is 68.8. The number of fused-ring (bicyclic) bond motifs is 13. The summed E-state index contributed by atoms with van der Waals surface area (Å²) in [5, 5.41) is 43.0. The molecular formula is C96H83Cl3N12O15. The van der Waals surface area contributed by atoms with Crippen LogP contribution in [0.15, 0.2) is 162 Å². The van der Waals surface area contributed by atoms with E-state index in [0.29, 0.717) is 196 Å². The van der Waals surface area contributed by atoms with Crippen molar-refractivity contribution in [3.63, 3.8) is 0 Å². The second kappa shape index (κ2) is 33.3. The number of benzene rings is 9. The number of methoxy groups -OCH3 is 3.